The van der Waals surface area contributed by atoms with Crippen LogP contribution in [0.1, 0.15) is 20.3 Å². The van der Waals surface area contributed by atoms with Crippen molar-refractivity contribution in [2.24, 2.45) is 11.7 Å². The van der Waals surface area contributed by atoms with Crippen LogP contribution in [0, 0.1) is 5.92 Å². The Morgan fingerprint density at radius 2 is 2.24 bits per heavy atom. The summed E-state index contributed by atoms with van der Waals surface area (Å²) in [6, 6.07) is 4.54. The second-order valence-corrected chi connectivity index (χ2v) is 5.55. The standard InChI is InChI=1S/C13H17ClN6O/c1-8(2)5-11(15)13(21)17-12-6-9(3-4-10(12)14)20-7-16-18-19-20/h3-4,6-8,11H,5,15H2,1-2H3,(H,17,21)/t11-/m0/s1. The van der Waals surface area contributed by atoms with E-state index in [1.807, 2.05) is 13.8 Å². The number of benzene rings is 1. The predicted molar refractivity (Wildman–Crippen MR) is 80.2 cm³/mol. The summed E-state index contributed by atoms with van der Waals surface area (Å²) < 4.78 is 1.47. The van der Waals surface area contributed by atoms with E-state index in [0.29, 0.717) is 28.7 Å². The molecule has 21 heavy (non-hydrogen) atoms. The summed E-state index contributed by atoms with van der Waals surface area (Å²) in [7, 11) is 0. The maximum Gasteiger partial charge on any atom is 0.241 e. The van der Waals surface area contributed by atoms with Crippen molar-refractivity contribution in [3.05, 3.63) is 29.5 Å². The zero-order valence-electron chi connectivity index (χ0n) is 11.8. The van der Waals surface area contributed by atoms with Crippen molar-refractivity contribution in [1.29, 1.82) is 0 Å². The molecule has 2 aromatic rings. The largest absolute Gasteiger partial charge is 0.323 e. The molecule has 0 fully saturated rings. The fraction of sp³-hybridized carbons (Fsp3) is 0.385. The molecule has 0 unspecified atom stereocenters. The molecule has 1 aromatic carbocycles. The average molecular weight is 309 g/mol. The van der Waals surface area contributed by atoms with Crippen LogP contribution in [0.25, 0.3) is 5.69 Å². The van der Waals surface area contributed by atoms with Gasteiger partial charge in [0.15, 0.2) is 0 Å². The summed E-state index contributed by atoms with van der Waals surface area (Å²) in [6.45, 7) is 4.02. The lowest BCUT2D eigenvalue weighted by atomic mass is 10.0. The number of nitrogens with zero attached hydrogens (tertiary/aromatic N) is 4. The van der Waals surface area contributed by atoms with Crippen LogP contribution in [-0.2, 0) is 4.79 Å². The molecule has 1 atom stereocenters. The molecule has 1 aromatic heterocycles. The monoisotopic (exact) mass is 308 g/mol. The van der Waals surface area contributed by atoms with Crippen LogP contribution in [0.2, 0.25) is 5.02 Å². The fourth-order valence-corrected chi connectivity index (χ4v) is 2.04. The number of hydrogen-bond acceptors (Lipinski definition) is 5. The van der Waals surface area contributed by atoms with E-state index in [0.717, 1.165) is 0 Å². The van der Waals surface area contributed by atoms with E-state index in [1.54, 1.807) is 18.2 Å². The van der Waals surface area contributed by atoms with Gasteiger partial charge in [-0.1, -0.05) is 25.4 Å². The molecule has 1 amide bonds. The SMILES string of the molecule is CC(C)C[C@H](N)C(=O)Nc1cc(-n2cnnn2)ccc1Cl. The molecule has 0 saturated carbocycles. The van der Waals surface area contributed by atoms with Gasteiger partial charge in [-0.2, -0.15) is 0 Å². The first-order valence-electron chi connectivity index (χ1n) is 6.56. The van der Waals surface area contributed by atoms with Gasteiger partial charge in [-0.15, -0.1) is 5.10 Å². The second-order valence-electron chi connectivity index (χ2n) is 5.14. The molecule has 0 radical (unpaired) electrons. The van der Waals surface area contributed by atoms with Crippen LogP contribution in [0.15, 0.2) is 24.5 Å². The van der Waals surface area contributed by atoms with E-state index in [-0.39, 0.29) is 5.91 Å². The second kappa shape index (κ2) is 6.64. The molecule has 3 N–H and O–H groups in total. The van der Waals surface area contributed by atoms with Crippen LogP contribution < -0.4 is 11.1 Å². The van der Waals surface area contributed by atoms with Crippen LogP contribution in [0.5, 0.6) is 0 Å². The molecule has 8 heteroatoms. The third-order valence-corrected chi connectivity index (χ3v) is 3.21. The topological polar surface area (TPSA) is 98.7 Å². The Balaban J connectivity index is 2.16. The number of anilines is 1. The van der Waals surface area contributed by atoms with Gasteiger partial charge in [-0.05, 0) is 41.0 Å². The van der Waals surface area contributed by atoms with Gasteiger partial charge < -0.3 is 11.1 Å². The average Bonchev–Trinajstić information content (AvgIpc) is 2.94. The van der Waals surface area contributed by atoms with E-state index in [1.165, 1.54) is 11.0 Å². The van der Waals surface area contributed by atoms with Gasteiger partial charge in [0.25, 0.3) is 0 Å². The summed E-state index contributed by atoms with van der Waals surface area (Å²) in [4.78, 5) is 12.1. The molecular weight excluding hydrogens is 292 g/mol. The number of halogens is 1. The van der Waals surface area contributed by atoms with Crippen molar-refractivity contribution in [1.82, 2.24) is 20.2 Å². The van der Waals surface area contributed by atoms with E-state index < -0.39 is 6.04 Å². The highest BCUT2D eigenvalue weighted by atomic mass is 35.5. The lowest BCUT2D eigenvalue weighted by Crippen LogP contribution is -2.36. The zero-order valence-corrected chi connectivity index (χ0v) is 12.6. The Morgan fingerprint density at radius 3 is 2.86 bits per heavy atom. The van der Waals surface area contributed by atoms with Crippen LogP contribution in [-0.4, -0.2) is 32.2 Å². The highest BCUT2D eigenvalue weighted by Crippen LogP contribution is 2.24. The smallest absolute Gasteiger partial charge is 0.241 e. The first kappa shape index (κ1) is 15.4. The molecule has 0 saturated heterocycles. The van der Waals surface area contributed by atoms with Gasteiger partial charge in [0.05, 0.1) is 22.4 Å². The number of carbonyl (C=O) groups excluding carboxylic acids is 1. The van der Waals surface area contributed by atoms with Crippen molar-refractivity contribution in [2.45, 2.75) is 26.3 Å². The quantitative estimate of drug-likeness (QED) is 0.874. The third-order valence-electron chi connectivity index (χ3n) is 2.88. The number of rotatable bonds is 5. The van der Waals surface area contributed by atoms with Gasteiger partial charge >= 0.3 is 0 Å². The van der Waals surface area contributed by atoms with Gasteiger partial charge in [-0.3, -0.25) is 4.79 Å². The van der Waals surface area contributed by atoms with E-state index >= 15 is 0 Å². The molecule has 0 spiro atoms. The third kappa shape index (κ3) is 3.99. The highest BCUT2D eigenvalue weighted by Gasteiger charge is 2.16. The summed E-state index contributed by atoms with van der Waals surface area (Å²) in [5, 5.41) is 14.1. The highest BCUT2D eigenvalue weighted by molar-refractivity contribution is 6.33. The summed E-state index contributed by atoms with van der Waals surface area (Å²) in [5.74, 6) is 0.0771. The van der Waals surface area contributed by atoms with Crippen molar-refractivity contribution in [3.63, 3.8) is 0 Å². The van der Waals surface area contributed by atoms with Crippen molar-refractivity contribution in [2.75, 3.05) is 5.32 Å². The zero-order chi connectivity index (χ0) is 15.4. The lowest BCUT2D eigenvalue weighted by molar-refractivity contribution is -0.117. The minimum absolute atomic E-state index is 0.264. The van der Waals surface area contributed by atoms with Crippen LogP contribution in [0.3, 0.4) is 0 Å². The van der Waals surface area contributed by atoms with E-state index in [9.17, 15) is 4.79 Å². The molecule has 1 heterocycles. The fourth-order valence-electron chi connectivity index (χ4n) is 1.87. The van der Waals surface area contributed by atoms with E-state index in [2.05, 4.69) is 20.8 Å². The molecule has 7 nitrogen and oxygen atoms in total. The first-order chi connectivity index (χ1) is 9.97. The van der Waals surface area contributed by atoms with Gasteiger partial charge in [-0.25, -0.2) is 4.68 Å². The Hall–Kier alpha value is -1.99. The number of nitrogens with one attached hydrogen (secondary N) is 1. The Kier molecular flexibility index (Phi) is 4.87. The van der Waals surface area contributed by atoms with Crippen molar-refractivity contribution < 1.29 is 4.79 Å². The first-order valence-corrected chi connectivity index (χ1v) is 6.94. The summed E-state index contributed by atoms with van der Waals surface area (Å²) >= 11 is 6.10. The summed E-state index contributed by atoms with van der Waals surface area (Å²) in [6.07, 6.45) is 2.06. The summed E-state index contributed by atoms with van der Waals surface area (Å²) in [5.41, 5.74) is 7.03. The van der Waals surface area contributed by atoms with Gasteiger partial charge in [0.1, 0.15) is 6.33 Å². The Labute approximate surface area is 127 Å². The minimum atomic E-state index is -0.572. The van der Waals surface area contributed by atoms with Crippen molar-refractivity contribution >= 4 is 23.2 Å². The molecular formula is C13H17ClN6O. The number of nitrogens with two attached hydrogens (primary N) is 1. The van der Waals surface area contributed by atoms with Gasteiger partial charge in [0.2, 0.25) is 5.91 Å². The number of amides is 1. The predicted octanol–water partition coefficient (Wildman–Crippen LogP) is 1.63. The lowest BCUT2D eigenvalue weighted by Gasteiger charge is -2.15. The maximum absolute atomic E-state index is 12.1. The van der Waals surface area contributed by atoms with E-state index in [4.69, 9.17) is 17.3 Å². The van der Waals surface area contributed by atoms with Crippen molar-refractivity contribution in [3.8, 4) is 5.69 Å². The molecule has 0 bridgehead atoms. The molecule has 0 aliphatic rings. The Bertz CT molecular complexity index is 613. The Morgan fingerprint density at radius 1 is 1.48 bits per heavy atom. The number of hydrogen-bond donors (Lipinski definition) is 2. The van der Waals surface area contributed by atoms with Crippen LogP contribution in [0.4, 0.5) is 5.69 Å². The minimum Gasteiger partial charge on any atom is -0.323 e. The van der Waals surface area contributed by atoms with Crippen LogP contribution >= 0.6 is 11.6 Å². The normalized spacial score (nSPS) is 12.4. The molecule has 0 aliphatic heterocycles. The molecule has 0 aliphatic carbocycles. The number of tetrazole rings is 1. The molecule has 112 valence electrons. The maximum atomic E-state index is 12.1. The number of aromatic nitrogens is 4. The molecule has 2 rings (SSSR count). The van der Waals surface area contributed by atoms with Gasteiger partial charge in [0, 0.05) is 0 Å². The number of carbonyl (C=O) groups is 1.